The highest BCUT2D eigenvalue weighted by atomic mass is 32.1. The van der Waals surface area contributed by atoms with E-state index in [2.05, 4.69) is 20.1 Å². The standard InChI is InChI=1S/C23H22F3N5O2S2/c24-23(25,26)17(30-31-20(33)15-5-4-10-27-13-15)7-3-1-2-6-16(32)18-19(14-8-9-14)35-22(29-18)21-28-11-12-34-21/h4-5,10-14H,1-3,6-9H2,(H,31,33)/b30-17+. The van der Waals surface area contributed by atoms with Gasteiger partial charge in [0, 0.05) is 35.3 Å². The summed E-state index contributed by atoms with van der Waals surface area (Å²) >= 11 is 2.98. The number of aromatic nitrogens is 3. The van der Waals surface area contributed by atoms with E-state index in [9.17, 15) is 22.8 Å². The third-order valence-corrected chi connectivity index (χ3v) is 7.48. The summed E-state index contributed by atoms with van der Waals surface area (Å²) in [4.78, 5) is 38.3. The van der Waals surface area contributed by atoms with E-state index in [0.29, 0.717) is 24.5 Å². The Hall–Kier alpha value is -2.99. The molecule has 1 fully saturated rings. The van der Waals surface area contributed by atoms with Crippen LogP contribution in [0, 0.1) is 0 Å². The fraction of sp³-hybridized carbons (Fsp3) is 0.391. The summed E-state index contributed by atoms with van der Waals surface area (Å²) < 4.78 is 39.9. The Morgan fingerprint density at radius 3 is 2.57 bits per heavy atom. The molecule has 1 N–H and O–H groups in total. The molecular weight excluding hydrogens is 499 g/mol. The summed E-state index contributed by atoms with van der Waals surface area (Å²) in [6, 6.07) is 2.93. The van der Waals surface area contributed by atoms with E-state index in [0.717, 1.165) is 27.7 Å². The maximum absolute atomic E-state index is 13.3. The Morgan fingerprint density at radius 2 is 1.91 bits per heavy atom. The zero-order valence-electron chi connectivity index (χ0n) is 18.5. The topological polar surface area (TPSA) is 97.2 Å². The first kappa shape index (κ1) is 25.1. The van der Waals surface area contributed by atoms with Crippen LogP contribution < -0.4 is 5.43 Å². The van der Waals surface area contributed by atoms with Gasteiger partial charge in [-0.1, -0.05) is 6.42 Å². The van der Waals surface area contributed by atoms with Gasteiger partial charge in [-0.05, 0) is 50.2 Å². The lowest BCUT2D eigenvalue weighted by Crippen LogP contribution is -2.28. The lowest BCUT2D eigenvalue weighted by atomic mass is 10.1. The van der Waals surface area contributed by atoms with Crippen molar-refractivity contribution in [3.63, 3.8) is 0 Å². The number of hydrogen-bond acceptors (Lipinski definition) is 8. The lowest BCUT2D eigenvalue weighted by Gasteiger charge is -2.10. The number of thiazole rings is 2. The summed E-state index contributed by atoms with van der Waals surface area (Å²) in [5, 5.41) is 6.68. The van der Waals surface area contributed by atoms with E-state index in [-0.39, 0.29) is 30.6 Å². The average molecular weight is 522 g/mol. The van der Waals surface area contributed by atoms with Gasteiger partial charge in [0.25, 0.3) is 5.91 Å². The van der Waals surface area contributed by atoms with Gasteiger partial charge in [0.2, 0.25) is 0 Å². The summed E-state index contributed by atoms with van der Waals surface area (Å²) in [6.45, 7) is 0. The van der Waals surface area contributed by atoms with Gasteiger partial charge >= 0.3 is 6.18 Å². The Morgan fingerprint density at radius 1 is 1.11 bits per heavy atom. The van der Waals surface area contributed by atoms with Crippen LogP contribution in [-0.4, -0.2) is 38.5 Å². The average Bonchev–Trinajstić information content (AvgIpc) is 3.34. The fourth-order valence-corrected chi connectivity index (χ4v) is 5.32. The molecule has 0 radical (unpaired) electrons. The molecule has 0 aliphatic heterocycles. The molecule has 1 saturated carbocycles. The second-order valence-electron chi connectivity index (χ2n) is 8.07. The highest BCUT2D eigenvalue weighted by Crippen LogP contribution is 2.46. The normalized spacial score (nSPS) is 14.2. The van der Waals surface area contributed by atoms with E-state index in [1.165, 1.54) is 47.2 Å². The number of nitrogens with zero attached hydrogens (tertiary/aromatic N) is 4. The Labute approximate surface area is 207 Å². The molecule has 1 aliphatic rings. The first-order valence-electron chi connectivity index (χ1n) is 11.1. The van der Waals surface area contributed by atoms with Crippen molar-refractivity contribution in [3.8, 4) is 10.0 Å². The molecule has 1 amide bonds. The van der Waals surface area contributed by atoms with E-state index in [1.807, 2.05) is 10.8 Å². The van der Waals surface area contributed by atoms with Gasteiger partial charge in [0.15, 0.2) is 15.8 Å². The van der Waals surface area contributed by atoms with Gasteiger partial charge in [0.1, 0.15) is 11.4 Å². The molecular formula is C23H22F3N5O2S2. The van der Waals surface area contributed by atoms with Crippen molar-refractivity contribution >= 4 is 40.1 Å². The van der Waals surface area contributed by atoms with Crippen molar-refractivity contribution in [3.05, 3.63) is 52.2 Å². The van der Waals surface area contributed by atoms with Crippen LogP contribution in [0.3, 0.4) is 0 Å². The molecule has 3 aromatic rings. The zero-order valence-corrected chi connectivity index (χ0v) is 20.2. The van der Waals surface area contributed by atoms with Gasteiger partial charge in [-0.3, -0.25) is 14.6 Å². The molecule has 0 unspecified atom stereocenters. The predicted octanol–water partition coefficient (Wildman–Crippen LogP) is 6.02. The number of halogens is 3. The second kappa shape index (κ2) is 11.2. The summed E-state index contributed by atoms with van der Waals surface area (Å²) in [6.07, 6.45) is 2.71. The number of hydrogen-bond donors (Lipinski definition) is 1. The molecule has 4 rings (SSSR count). The molecule has 3 heterocycles. The first-order valence-corrected chi connectivity index (χ1v) is 12.8. The molecule has 0 saturated heterocycles. The lowest BCUT2D eigenvalue weighted by molar-refractivity contribution is -0.0609. The quantitative estimate of drug-likeness (QED) is 0.144. The van der Waals surface area contributed by atoms with Crippen LogP contribution in [0.25, 0.3) is 10.0 Å². The zero-order chi connectivity index (χ0) is 24.8. The van der Waals surface area contributed by atoms with Gasteiger partial charge in [0.05, 0.1) is 5.56 Å². The van der Waals surface area contributed by atoms with Crippen molar-refractivity contribution in [2.45, 2.75) is 57.0 Å². The minimum Gasteiger partial charge on any atom is -0.292 e. The van der Waals surface area contributed by atoms with E-state index >= 15 is 0 Å². The number of amides is 1. The summed E-state index contributed by atoms with van der Waals surface area (Å²) in [7, 11) is 0. The molecule has 1 aliphatic carbocycles. The molecule has 0 atom stereocenters. The molecule has 7 nitrogen and oxygen atoms in total. The van der Waals surface area contributed by atoms with Crippen molar-refractivity contribution < 1.29 is 22.8 Å². The number of nitrogens with one attached hydrogen (secondary N) is 1. The molecule has 184 valence electrons. The number of hydrazone groups is 1. The summed E-state index contributed by atoms with van der Waals surface area (Å²) in [5.74, 6) is -0.482. The van der Waals surface area contributed by atoms with Gasteiger partial charge in [-0.25, -0.2) is 15.4 Å². The number of ketones is 1. The largest absolute Gasteiger partial charge is 0.431 e. The maximum atomic E-state index is 13.3. The molecule has 3 aromatic heterocycles. The van der Waals surface area contributed by atoms with E-state index < -0.39 is 17.8 Å². The smallest absolute Gasteiger partial charge is 0.292 e. The Kier molecular flexibility index (Phi) is 8.01. The third-order valence-electron chi connectivity index (χ3n) is 5.34. The first-order chi connectivity index (χ1) is 16.8. The SMILES string of the molecule is O=C(N/N=C(\CCCCCC(=O)c1nc(-c2nccs2)sc1C1CC1)C(F)(F)F)c1cccnc1. The number of Topliss-reactive ketones (excluding diaryl/α,β-unsaturated/α-hetero) is 1. The van der Waals surface area contributed by atoms with Crippen molar-refractivity contribution in [1.82, 2.24) is 20.4 Å². The van der Waals surface area contributed by atoms with E-state index in [1.54, 1.807) is 6.20 Å². The Bertz CT molecular complexity index is 1190. The van der Waals surface area contributed by atoms with Crippen molar-refractivity contribution in [2.24, 2.45) is 5.10 Å². The fourth-order valence-electron chi connectivity index (χ4n) is 3.39. The molecule has 0 bridgehead atoms. The summed E-state index contributed by atoms with van der Waals surface area (Å²) in [5.41, 5.74) is 1.48. The maximum Gasteiger partial charge on any atom is 0.431 e. The number of rotatable bonds is 11. The van der Waals surface area contributed by atoms with Crippen LogP contribution in [0.15, 0.2) is 41.2 Å². The second-order valence-corrected chi connectivity index (χ2v) is 9.99. The highest BCUT2D eigenvalue weighted by molar-refractivity contribution is 7.20. The number of pyridine rings is 1. The number of alkyl halides is 3. The third kappa shape index (κ3) is 6.79. The number of carbonyl (C=O) groups excluding carboxylic acids is 2. The minimum absolute atomic E-state index is 0.0839. The monoisotopic (exact) mass is 521 g/mol. The molecule has 0 aromatic carbocycles. The van der Waals surface area contributed by atoms with Gasteiger partial charge in [-0.2, -0.15) is 18.3 Å². The Balaban J connectivity index is 1.28. The van der Waals surface area contributed by atoms with Crippen LogP contribution in [0.4, 0.5) is 13.2 Å². The van der Waals surface area contributed by atoms with Crippen LogP contribution in [0.2, 0.25) is 0 Å². The number of unbranched alkanes of at least 4 members (excludes halogenated alkanes) is 2. The minimum atomic E-state index is -4.66. The predicted molar refractivity (Wildman–Crippen MR) is 128 cm³/mol. The molecule has 35 heavy (non-hydrogen) atoms. The van der Waals surface area contributed by atoms with Crippen LogP contribution in [0.5, 0.6) is 0 Å². The highest BCUT2D eigenvalue weighted by Gasteiger charge is 2.35. The van der Waals surface area contributed by atoms with Crippen LogP contribution in [-0.2, 0) is 0 Å². The molecule has 12 heteroatoms. The van der Waals surface area contributed by atoms with Crippen molar-refractivity contribution in [1.29, 1.82) is 0 Å². The van der Waals surface area contributed by atoms with E-state index in [4.69, 9.17) is 0 Å². The van der Waals surface area contributed by atoms with Crippen LogP contribution >= 0.6 is 22.7 Å². The van der Waals surface area contributed by atoms with Gasteiger partial charge in [-0.15, -0.1) is 22.7 Å². The number of carbonyl (C=O) groups is 2. The van der Waals surface area contributed by atoms with Crippen molar-refractivity contribution in [2.75, 3.05) is 0 Å². The van der Waals surface area contributed by atoms with Gasteiger partial charge < -0.3 is 0 Å². The van der Waals surface area contributed by atoms with Crippen LogP contribution in [0.1, 0.15) is 76.6 Å². The molecule has 0 spiro atoms.